The number of anilines is 2. The van der Waals surface area contributed by atoms with E-state index in [0.29, 0.717) is 71.6 Å². The second-order valence-electron chi connectivity index (χ2n) is 9.95. The van der Waals surface area contributed by atoms with Crippen LogP contribution in [0.15, 0.2) is 12.3 Å². The van der Waals surface area contributed by atoms with Crippen LogP contribution in [0.4, 0.5) is 15.9 Å². The van der Waals surface area contributed by atoms with Crippen molar-refractivity contribution < 1.29 is 13.9 Å². The van der Waals surface area contributed by atoms with Gasteiger partial charge in [-0.25, -0.2) is 19.3 Å². The molecule has 3 aliphatic rings. The number of carbonyl (C=O) groups excluding carboxylic acids is 1. The Bertz CT molecular complexity index is 1320. The third-order valence-electron chi connectivity index (χ3n) is 7.61. The summed E-state index contributed by atoms with van der Waals surface area (Å²) in [5, 5.41) is 3.76. The molecule has 11 heteroatoms. The Balaban J connectivity index is 1.18. The van der Waals surface area contributed by atoms with Crippen LogP contribution in [0.25, 0.3) is 10.2 Å². The minimum atomic E-state index is -0.346. The van der Waals surface area contributed by atoms with Crippen LogP contribution in [0.2, 0.25) is 0 Å². The number of hydrogen-bond acceptors (Lipinski definition) is 9. The highest BCUT2D eigenvalue weighted by Gasteiger charge is 2.48. The number of thiophene rings is 1. The van der Waals surface area contributed by atoms with E-state index in [4.69, 9.17) is 21.2 Å². The first-order chi connectivity index (χ1) is 16.8. The number of nitrogen functional groups attached to an aromatic ring is 1. The van der Waals surface area contributed by atoms with Gasteiger partial charge in [0, 0.05) is 49.1 Å². The Morgan fingerprint density at radius 3 is 3.06 bits per heavy atom. The summed E-state index contributed by atoms with van der Waals surface area (Å²) in [5.74, 6) is 0.421. The largest absolute Gasteiger partial charge is 0.397 e. The number of aromatic nitrogens is 3. The van der Waals surface area contributed by atoms with Crippen LogP contribution < -0.4 is 21.7 Å². The fourth-order valence-corrected chi connectivity index (χ4v) is 6.59. The van der Waals surface area contributed by atoms with E-state index in [-0.39, 0.29) is 29.2 Å². The maximum Gasteiger partial charge on any atom is 0.263 e. The van der Waals surface area contributed by atoms with Gasteiger partial charge >= 0.3 is 0 Å². The monoisotopic (exact) mass is 497 g/mol. The Morgan fingerprint density at radius 1 is 1.40 bits per heavy atom. The van der Waals surface area contributed by atoms with E-state index < -0.39 is 0 Å². The van der Waals surface area contributed by atoms with E-state index in [1.807, 2.05) is 4.90 Å². The van der Waals surface area contributed by atoms with Gasteiger partial charge in [0.15, 0.2) is 11.6 Å². The van der Waals surface area contributed by atoms with Crippen LogP contribution in [-0.2, 0) is 17.6 Å². The molecule has 1 aliphatic carbocycles. The van der Waals surface area contributed by atoms with Crippen molar-refractivity contribution in [3.63, 3.8) is 0 Å². The van der Waals surface area contributed by atoms with E-state index in [0.717, 1.165) is 24.1 Å². The first-order valence-electron chi connectivity index (χ1n) is 11.9. The fourth-order valence-electron chi connectivity index (χ4n) is 5.57. The molecule has 0 saturated carbocycles. The maximum absolute atomic E-state index is 15.2. The number of aryl methyl sites for hydroxylation is 2. The zero-order chi connectivity index (χ0) is 24.3. The lowest BCUT2D eigenvalue weighted by Gasteiger charge is -2.28. The summed E-state index contributed by atoms with van der Waals surface area (Å²) in [6, 6.07) is 1.39. The van der Waals surface area contributed by atoms with Gasteiger partial charge in [-0.2, -0.15) is 0 Å². The topological polar surface area (TPSA) is 132 Å². The molecule has 2 saturated heterocycles. The number of pyridine rings is 1. The van der Waals surface area contributed by atoms with Crippen LogP contribution in [0.5, 0.6) is 0 Å². The lowest BCUT2D eigenvalue weighted by atomic mass is 9.83. The number of ether oxygens (including phenoxy) is 1. The summed E-state index contributed by atoms with van der Waals surface area (Å²) in [4.78, 5) is 29.4. The van der Waals surface area contributed by atoms with Crippen molar-refractivity contribution in [1.29, 1.82) is 0 Å². The molecule has 9 nitrogen and oxygen atoms in total. The van der Waals surface area contributed by atoms with E-state index in [1.54, 1.807) is 19.2 Å². The van der Waals surface area contributed by atoms with Crippen molar-refractivity contribution in [2.24, 2.45) is 11.1 Å². The third kappa shape index (κ3) is 3.82. The van der Waals surface area contributed by atoms with Gasteiger partial charge < -0.3 is 26.4 Å². The summed E-state index contributed by atoms with van der Waals surface area (Å²) in [6.07, 6.45) is 4.45. The summed E-state index contributed by atoms with van der Waals surface area (Å²) < 4.78 is 20.8. The Morgan fingerprint density at radius 2 is 2.26 bits per heavy atom. The number of halogens is 1. The quantitative estimate of drug-likeness (QED) is 0.500. The van der Waals surface area contributed by atoms with Gasteiger partial charge in [0.1, 0.15) is 15.5 Å². The van der Waals surface area contributed by atoms with Gasteiger partial charge in [-0.05, 0) is 44.2 Å². The van der Waals surface area contributed by atoms with Crippen LogP contribution in [-0.4, -0.2) is 59.2 Å². The Kier molecular flexibility index (Phi) is 5.39. The maximum atomic E-state index is 15.2. The van der Waals surface area contributed by atoms with Crippen LogP contribution in [0.1, 0.15) is 39.6 Å². The molecule has 3 unspecified atom stereocenters. The number of rotatable bonds is 3. The SMILES string of the molecule is Cc1ncc2c(N)c(C(=O)NC3CCc4nc(N5CC(N)C6(CCOC6)C5)c(F)cc4C3)sc2n1. The fraction of sp³-hybridized carbons (Fsp3) is 0.500. The number of amides is 1. The van der Waals surface area contributed by atoms with Gasteiger partial charge in [-0.15, -0.1) is 11.3 Å². The first kappa shape index (κ1) is 22.6. The van der Waals surface area contributed by atoms with Gasteiger partial charge in [0.2, 0.25) is 0 Å². The van der Waals surface area contributed by atoms with Crippen molar-refractivity contribution in [3.05, 3.63) is 40.0 Å². The lowest BCUT2D eigenvalue weighted by Crippen LogP contribution is -2.40. The van der Waals surface area contributed by atoms with Crippen molar-refractivity contribution in [2.45, 2.75) is 44.7 Å². The number of nitrogens with two attached hydrogens (primary N) is 2. The average Bonchev–Trinajstić information content (AvgIpc) is 3.52. The minimum Gasteiger partial charge on any atom is -0.397 e. The molecular weight excluding hydrogens is 469 g/mol. The molecule has 0 radical (unpaired) electrons. The van der Waals surface area contributed by atoms with E-state index in [1.165, 1.54) is 11.3 Å². The predicted molar refractivity (Wildman–Crippen MR) is 132 cm³/mol. The highest BCUT2D eigenvalue weighted by molar-refractivity contribution is 7.21. The summed E-state index contributed by atoms with van der Waals surface area (Å²) in [5.41, 5.74) is 14.6. The lowest BCUT2D eigenvalue weighted by molar-refractivity contribution is 0.0938. The van der Waals surface area contributed by atoms with Gasteiger partial charge in [-0.1, -0.05) is 0 Å². The molecule has 184 valence electrons. The molecule has 35 heavy (non-hydrogen) atoms. The van der Waals surface area contributed by atoms with Crippen molar-refractivity contribution in [1.82, 2.24) is 20.3 Å². The molecule has 5 N–H and O–H groups in total. The molecule has 2 fully saturated rings. The van der Waals surface area contributed by atoms with Crippen LogP contribution in [0, 0.1) is 18.2 Å². The second kappa shape index (κ2) is 8.35. The zero-order valence-corrected chi connectivity index (χ0v) is 20.3. The molecule has 1 spiro atoms. The number of nitrogens with one attached hydrogen (secondary N) is 1. The zero-order valence-electron chi connectivity index (χ0n) is 19.5. The molecule has 1 amide bonds. The molecule has 2 aliphatic heterocycles. The van der Waals surface area contributed by atoms with E-state index >= 15 is 4.39 Å². The molecule has 6 rings (SSSR count). The van der Waals surface area contributed by atoms with Gasteiger partial charge in [0.05, 0.1) is 17.7 Å². The highest BCUT2D eigenvalue weighted by atomic mass is 32.1. The minimum absolute atomic E-state index is 0.0574. The molecule has 3 atom stereocenters. The van der Waals surface area contributed by atoms with E-state index in [2.05, 4.69) is 15.3 Å². The molecule has 0 aromatic carbocycles. The number of hydrogen-bond donors (Lipinski definition) is 3. The van der Waals surface area contributed by atoms with Crippen molar-refractivity contribution >= 4 is 39.0 Å². The van der Waals surface area contributed by atoms with Gasteiger partial charge in [0.25, 0.3) is 5.91 Å². The molecule has 5 heterocycles. The number of carbonyl (C=O) groups is 1. The molecular formula is C24H28FN7O2S. The molecule has 3 aromatic rings. The smallest absolute Gasteiger partial charge is 0.263 e. The summed E-state index contributed by atoms with van der Waals surface area (Å²) in [6.45, 7) is 4.36. The highest BCUT2D eigenvalue weighted by Crippen LogP contribution is 2.40. The number of fused-ring (bicyclic) bond motifs is 2. The third-order valence-corrected chi connectivity index (χ3v) is 8.73. The average molecular weight is 498 g/mol. The standard InChI is InChI=1S/C24H28FN7O2S/c1-12-28-8-15-19(27)20(35-23(15)29-12)22(33)30-14-2-3-17-13(6-14)7-16(25)21(31-17)32-9-18(26)24(10-32)4-5-34-11-24/h7-8,14,18H,2-6,9-11,26-27H2,1H3,(H,30,33). The van der Waals surface area contributed by atoms with E-state index in [9.17, 15) is 4.79 Å². The first-order valence-corrected chi connectivity index (χ1v) is 12.7. The molecule has 0 bridgehead atoms. The van der Waals surface area contributed by atoms with Crippen LogP contribution >= 0.6 is 11.3 Å². The van der Waals surface area contributed by atoms with Crippen molar-refractivity contribution in [2.75, 3.05) is 36.9 Å². The second-order valence-corrected chi connectivity index (χ2v) is 10.9. The summed E-state index contributed by atoms with van der Waals surface area (Å²) in [7, 11) is 0. The Labute approximate surface area is 206 Å². The Hall–Kier alpha value is -2.89. The predicted octanol–water partition coefficient (Wildman–Crippen LogP) is 1.96. The van der Waals surface area contributed by atoms with Crippen LogP contribution in [0.3, 0.4) is 0 Å². The van der Waals surface area contributed by atoms with Crippen molar-refractivity contribution in [3.8, 4) is 0 Å². The summed E-state index contributed by atoms with van der Waals surface area (Å²) >= 11 is 1.26. The van der Waals surface area contributed by atoms with Gasteiger partial charge in [-0.3, -0.25) is 4.79 Å². The molecule has 3 aromatic heterocycles. The number of nitrogens with zero attached hydrogens (tertiary/aromatic N) is 4. The normalized spacial score (nSPS) is 26.0.